The molecule has 2 aliphatic carbocycles. The summed E-state index contributed by atoms with van der Waals surface area (Å²) >= 11 is 0. The standard InChI is InChI=1S/C25H30N4O2/c1-15-10-16-6-5-9-25(2,3)20(16)11-17(15)13-27-29-14-26-22-19-8-7-18(31-4)12-21(19)28-23(22)24(29)30/h7-8,12-15,17,28H,5-6,9-11H2,1-4H3/b27-13+. The third-order valence-electron chi connectivity index (χ3n) is 7.34. The number of nitrogens with one attached hydrogen (secondary N) is 1. The lowest BCUT2D eigenvalue weighted by atomic mass is 9.63. The van der Waals surface area contributed by atoms with Crippen molar-refractivity contribution in [2.45, 2.75) is 52.9 Å². The van der Waals surface area contributed by atoms with Gasteiger partial charge in [0.2, 0.25) is 0 Å². The number of H-pyrrole nitrogens is 1. The van der Waals surface area contributed by atoms with Gasteiger partial charge in [-0.15, -0.1) is 0 Å². The molecule has 6 nitrogen and oxygen atoms in total. The van der Waals surface area contributed by atoms with Gasteiger partial charge in [0, 0.05) is 23.6 Å². The number of benzene rings is 1. The van der Waals surface area contributed by atoms with Crippen LogP contribution in [0.25, 0.3) is 21.9 Å². The Kier molecular flexibility index (Phi) is 4.76. The van der Waals surface area contributed by atoms with E-state index in [4.69, 9.17) is 4.74 Å². The minimum Gasteiger partial charge on any atom is -0.497 e. The van der Waals surface area contributed by atoms with Crippen LogP contribution in [0.1, 0.15) is 52.9 Å². The zero-order valence-electron chi connectivity index (χ0n) is 18.7. The molecule has 31 heavy (non-hydrogen) atoms. The van der Waals surface area contributed by atoms with Gasteiger partial charge in [0.15, 0.2) is 0 Å². The maximum absolute atomic E-state index is 13.1. The largest absolute Gasteiger partial charge is 0.497 e. The molecule has 0 fully saturated rings. The highest BCUT2D eigenvalue weighted by atomic mass is 16.5. The predicted octanol–water partition coefficient (Wildman–Crippen LogP) is 5.27. The van der Waals surface area contributed by atoms with Gasteiger partial charge in [-0.3, -0.25) is 4.79 Å². The van der Waals surface area contributed by atoms with E-state index in [1.165, 1.54) is 30.3 Å². The van der Waals surface area contributed by atoms with Crippen molar-refractivity contribution in [1.29, 1.82) is 0 Å². The number of aromatic amines is 1. The smallest absolute Gasteiger partial charge is 0.298 e. The van der Waals surface area contributed by atoms with Crippen LogP contribution < -0.4 is 10.3 Å². The van der Waals surface area contributed by atoms with Crippen LogP contribution in [0.3, 0.4) is 0 Å². The van der Waals surface area contributed by atoms with E-state index >= 15 is 0 Å². The second kappa shape index (κ2) is 7.36. The highest BCUT2D eigenvalue weighted by Crippen LogP contribution is 2.48. The van der Waals surface area contributed by atoms with Gasteiger partial charge in [0.05, 0.1) is 12.6 Å². The summed E-state index contributed by atoms with van der Waals surface area (Å²) in [6, 6.07) is 5.68. The minimum atomic E-state index is -0.183. The van der Waals surface area contributed by atoms with E-state index < -0.39 is 0 Å². The van der Waals surface area contributed by atoms with Gasteiger partial charge >= 0.3 is 0 Å². The molecule has 2 aliphatic rings. The van der Waals surface area contributed by atoms with Crippen LogP contribution >= 0.6 is 0 Å². The number of nitrogens with zero attached hydrogens (tertiary/aromatic N) is 3. The normalized spacial score (nSPS) is 23.6. The van der Waals surface area contributed by atoms with Crippen LogP contribution in [0.2, 0.25) is 0 Å². The predicted molar refractivity (Wildman–Crippen MR) is 125 cm³/mol. The molecule has 1 aromatic carbocycles. The van der Waals surface area contributed by atoms with E-state index in [9.17, 15) is 4.79 Å². The third-order valence-corrected chi connectivity index (χ3v) is 7.34. The molecule has 0 aliphatic heterocycles. The summed E-state index contributed by atoms with van der Waals surface area (Å²) in [5, 5.41) is 5.48. The number of hydrogen-bond acceptors (Lipinski definition) is 4. The first kappa shape index (κ1) is 20.0. The molecule has 0 spiro atoms. The molecule has 6 heteroatoms. The summed E-state index contributed by atoms with van der Waals surface area (Å²) in [6.45, 7) is 7.05. The van der Waals surface area contributed by atoms with E-state index in [-0.39, 0.29) is 11.0 Å². The zero-order valence-corrected chi connectivity index (χ0v) is 18.7. The highest BCUT2D eigenvalue weighted by Gasteiger charge is 2.36. The van der Waals surface area contributed by atoms with Crippen LogP contribution in [0.15, 0.2) is 45.6 Å². The summed E-state index contributed by atoms with van der Waals surface area (Å²) in [7, 11) is 1.63. The molecule has 0 radical (unpaired) electrons. The van der Waals surface area contributed by atoms with Gasteiger partial charge in [-0.25, -0.2) is 4.98 Å². The highest BCUT2D eigenvalue weighted by molar-refractivity contribution is 6.04. The minimum absolute atomic E-state index is 0.183. The lowest BCUT2D eigenvalue weighted by Gasteiger charge is -2.42. The summed E-state index contributed by atoms with van der Waals surface area (Å²) < 4.78 is 6.65. The molecular weight excluding hydrogens is 388 g/mol. The Hall–Kier alpha value is -2.89. The first-order valence-corrected chi connectivity index (χ1v) is 11.2. The quantitative estimate of drug-likeness (QED) is 0.465. The van der Waals surface area contributed by atoms with Crippen molar-refractivity contribution in [3.8, 4) is 5.75 Å². The molecule has 0 bridgehead atoms. The second-order valence-electron chi connectivity index (χ2n) is 9.79. The first-order chi connectivity index (χ1) is 14.9. The van der Waals surface area contributed by atoms with Gasteiger partial charge in [0.1, 0.15) is 23.1 Å². The number of aromatic nitrogens is 3. The van der Waals surface area contributed by atoms with Gasteiger partial charge in [0.25, 0.3) is 5.56 Å². The molecule has 0 amide bonds. The van der Waals surface area contributed by atoms with E-state index in [2.05, 4.69) is 35.8 Å². The molecule has 0 saturated heterocycles. The van der Waals surface area contributed by atoms with Crippen LogP contribution in [0.5, 0.6) is 5.75 Å². The van der Waals surface area contributed by atoms with Crippen molar-refractivity contribution in [3.05, 3.63) is 46.0 Å². The molecule has 2 atom stereocenters. The average molecular weight is 419 g/mol. The zero-order chi connectivity index (χ0) is 21.8. The molecule has 3 aromatic rings. The Labute approximate surface area is 182 Å². The summed E-state index contributed by atoms with van der Waals surface area (Å²) in [5.74, 6) is 1.61. The Morgan fingerprint density at radius 2 is 2.16 bits per heavy atom. The Morgan fingerprint density at radius 1 is 1.32 bits per heavy atom. The number of hydrogen-bond donors (Lipinski definition) is 1. The van der Waals surface area contributed by atoms with E-state index in [0.29, 0.717) is 22.9 Å². The van der Waals surface area contributed by atoms with Crippen LogP contribution in [-0.4, -0.2) is 28.0 Å². The number of ether oxygens (including phenoxy) is 1. The maximum Gasteiger partial charge on any atom is 0.298 e. The fourth-order valence-corrected chi connectivity index (χ4v) is 5.44. The average Bonchev–Trinajstić information content (AvgIpc) is 3.12. The molecule has 2 heterocycles. The fourth-order valence-electron chi connectivity index (χ4n) is 5.44. The number of rotatable bonds is 3. The molecular formula is C25H30N4O2. The van der Waals surface area contributed by atoms with Crippen LogP contribution in [0.4, 0.5) is 0 Å². The Bertz CT molecular complexity index is 1280. The maximum atomic E-state index is 13.1. The van der Waals surface area contributed by atoms with E-state index in [0.717, 1.165) is 29.5 Å². The summed E-state index contributed by atoms with van der Waals surface area (Å²) in [5.41, 5.74) is 5.36. The Morgan fingerprint density at radius 3 is 2.97 bits per heavy atom. The van der Waals surface area contributed by atoms with Gasteiger partial charge in [-0.2, -0.15) is 9.78 Å². The van der Waals surface area contributed by atoms with Crippen molar-refractivity contribution in [3.63, 3.8) is 0 Å². The van der Waals surface area contributed by atoms with E-state index in [1.54, 1.807) is 18.3 Å². The number of allylic oxidation sites excluding steroid dienone is 2. The van der Waals surface area contributed by atoms with Crippen molar-refractivity contribution in [1.82, 2.24) is 14.6 Å². The summed E-state index contributed by atoms with van der Waals surface area (Å²) in [4.78, 5) is 20.8. The fraction of sp³-hybridized carbons (Fsp3) is 0.480. The van der Waals surface area contributed by atoms with Gasteiger partial charge < -0.3 is 9.72 Å². The molecule has 2 aromatic heterocycles. The lowest BCUT2D eigenvalue weighted by Crippen LogP contribution is -2.30. The van der Waals surface area contributed by atoms with Crippen molar-refractivity contribution < 1.29 is 4.74 Å². The van der Waals surface area contributed by atoms with Crippen molar-refractivity contribution >= 4 is 28.2 Å². The van der Waals surface area contributed by atoms with Crippen LogP contribution in [0, 0.1) is 17.3 Å². The van der Waals surface area contributed by atoms with Crippen molar-refractivity contribution in [2.75, 3.05) is 7.11 Å². The van der Waals surface area contributed by atoms with Gasteiger partial charge in [-0.05, 0) is 55.6 Å². The second-order valence-corrected chi connectivity index (χ2v) is 9.79. The SMILES string of the molecule is COc1ccc2c(c1)[nH]c1c(=O)n(/N=C/C3CC4=C(CCCC4(C)C)CC3C)cnc12. The number of fused-ring (bicyclic) bond motifs is 3. The Balaban J connectivity index is 1.47. The van der Waals surface area contributed by atoms with Crippen LogP contribution in [-0.2, 0) is 0 Å². The molecule has 162 valence electrons. The third kappa shape index (κ3) is 3.38. The van der Waals surface area contributed by atoms with Crippen molar-refractivity contribution in [2.24, 2.45) is 22.4 Å². The number of methoxy groups -OCH3 is 1. The molecule has 2 unspecified atom stereocenters. The first-order valence-electron chi connectivity index (χ1n) is 11.2. The monoisotopic (exact) mass is 418 g/mol. The molecule has 1 N–H and O–H groups in total. The van der Waals surface area contributed by atoms with E-state index in [1.807, 2.05) is 24.4 Å². The summed E-state index contributed by atoms with van der Waals surface area (Å²) in [6.07, 6.45) is 9.50. The van der Waals surface area contributed by atoms with Gasteiger partial charge in [-0.1, -0.05) is 31.9 Å². The topological polar surface area (TPSA) is 72.3 Å². The molecule has 5 rings (SSSR count). The molecule has 0 saturated carbocycles. The lowest BCUT2D eigenvalue weighted by molar-refractivity contribution is 0.295.